The largest absolute Gasteiger partial charge is 0.457 e. The third-order valence-corrected chi connectivity index (χ3v) is 3.07. The van der Waals surface area contributed by atoms with Crippen LogP contribution in [0, 0.1) is 0 Å². The third-order valence-electron chi connectivity index (χ3n) is 2.54. The van der Waals surface area contributed by atoms with Crippen molar-refractivity contribution in [3.8, 4) is 0 Å². The average Bonchev–Trinajstić information content (AvgIpc) is 2.27. The Balaban J connectivity index is 3.12. The van der Waals surface area contributed by atoms with Crippen LogP contribution in [0.2, 0.25) is 0 Å². The first kappa shape index (κ1) is 17.8. The van der Waals surface area contributed by atoms with Crippen molar-refractivity contribution < 1.29 is 22.7 Å². The maximum atomic E-state index is 13.3. The van der Waals surface area contributed by atoms with E-state index in [4.69, 9.17) is 4.74 Å². The number of rotatable bonds is 3. The Kier molecular flexibility index (Phi) is 5.25. The number of carbonyl (C=O) groups is 1. The Morgan fingerprint density at radius 3 is 2.05 bits per heavy atom. The average molecular weight is 365 g/mol. The first-order chi connectivity index (χ1) is 9.42. The van der Waals surface area contributed by atoms with Crippen molar-refractivity contribution in [2.24, 2.45) is 0 Å². The Morgan fingerprint density at radius 2 is 1.67 bits per heavy atom. The lowest BCUT2D eigenvalue weighted by atomic mass is 9.91. The maximum absolute atomic E-state index is 13.3. The third kappa shape index (κ3) is 5.19. The maximum Gasteiger partial charge on any atom is 0.399 e. The smallest absolute Gasteiger partial charge is 0.399 e. The fourth-order valence-electron chi connectivity index (χ4n) is 1.70. The molecule has 0 aromatic heterocycles. The van der Waals surface area contributed by atoms with Crippen LogP contribution in [0.25, 0.3) is 0 Å². The zero-order valence-electron chi connectivity index (χ0n) is 11.9. The summed E-state index contributed by atoms with van der Waals surface area (Å²) in [6.07, 6.45) is -4.62. The fraction of sp³-hybridized carbons (Fsp3) is 0.400. The van der Waals surface area contributed by atoms with E-state index in [0.29, 0.717) is 4.47 Å². The van der Waals surface area contributed by atoms with Crippen molar-refractivity contribution in [2.75, 3.05) is 0 Å². The summed E-state index contributed by atoms with van der Waals surface area (Å²) in [5, 5.41) is 0. The van der Waals surface area contributed by atoms with Crippen molar-refractivity contribution in [1.29, 1.82) is 0 Å². The van der Waals surface area contributed by atoms with Gasteiger partial charge in [-0.15, -0.1) is 0 Å². The first-order valence-electron chi connectivity index (χ1n) is 6.16. The number of halogens is 4. The van der Waals surface area contributed by atoms with Crippen LogP contribution in [0.15, 0.2) is 40.9 Å². The molecular weight excluding hydrogens is 349 g/mol. The summed E-state index contributed by atoms with van der Waals surface area (Å²) in [5.74, 6) is -3.13. The molecule has 0 saturated heterocycles. The van der Waals surface area contributed by atoms with Crippen LogP contribution in [0.4, 0.5) is 13.2 Å². The molecule has 1 aromatic carbocycles. The zero-order chi connectivity index (χ0) is 16.4. The van der Waals surface area contributed by atoms with E-state index in [-0.39, 0.29) is 5.56 Å². The molecule has 0 radical (unpaired) electrons. The second-order valence-corrected chi connectivity index (χ2v) is 6.47. The molecule has 0 heterocycles. The first-order valence-corrected chi connectivity index (χ1v) is 6.95. The molecular formula is C15H16BrF3O2. The van der Waals surface area contributed by atoms with Gasteiger partial charge in [-0.05, 0) is 38.5 Å². The van der Waals surface area contributed by atoms with Crippen LogP contribution in [0.5, 0.6) is 0 Å². The van der Waals surface area contributed by atoms with Crippen molar-refractivity contribution in [1.82, 2.24) is 0 Å². The van der Waals surface area contributed by atoms with E-state index in [1.54, 1.807) is 20.8 Å². The minimum absolute atomic E-state index is 0.0541. The number of benzene rings is 1. The molecule has 0 saturated carbocycles. The second-order valence-electron chi connectivity index (χ2n) is 5.55. The molecule has 6 heteroatoms. The number of ether oxygens (including phenoxy) is 1. The van der Waals surface area contributed by atoms with E-state index in [1.165, 1.54) is 24.3 Å². The Labute approximate surface area is 130 Å². The highest BCUT2D eigenvalue weighted by Gasteiger charge is 2.45. The molecule has 1 atom stereocenters. The number of hydrogen-bond donors (Lipinski definition) is 0. The highest BCUT2D eigenvalue weighted by Crippen LogP contribution is 2.40. The molecule has 0 fully saturated rings. The number of carbonyl (C=O) groups excluding carboxylic acids is 1. The van der Waals surface area contributed by atoms with E-state index in [1.807, 2.05) is 0 Å². The zero-order valence-corrected chi connectivity index (χ0v) is 13.5. The Bertz CT molecular complexity index is 527. The molecule has 1 aromatic rings. The Hall–Kier alpha value is -1.30. The van der Waals surface area contributed by atoms with Crippen LogP contribution < -0.4 is 0 Å². The van der Waals surface area contributed by atoms with Crippen molar-refractivity contribution in [3.05, 3.63) is 46.5 Å². The van der Waals surface area contributed by atoms with Gasteiger partial charge < -0.3 is 4.74 Å². The summed E-state index contributed by atoms with van der Waals surface area (Å²) >= 11 is 3.16. The monoisotopic (exact) mass is 364 g/mol. The topological polar surface area (TPSA) is 26.3 Å². The van der Waals surface area contributed by atoms with Crippen molar-refractivity contribution in [3.63, 3.8) is 0 Å². The molecule has 0 amide bonds. The van der Waals surface area contributed by atoms with Gasteiger partial charge in [0.25, 0.3) is 0 Å². The molecule has 0 aliphatic heterocycles. The summed E-state index contributed by atoms with van der Waals surface area (Å²) in [4.78, 5) is 11.9. The van der Waals surface area contributed by atoms with Crippen LogP contribution in [0.3, 0.4) is 0 Å². The lowest BCUT2D eigenvalue weighted by molar-refractivity contribution is -0.161. The Morgan fingerprint density at radius 1 is 1.19 bits per heavy atom. The minimum atomic E-state index is -4.62. The summed E-state index contributed by atoms with van der Waals surface area (Å²) in [6.45, 7) is 8.05. The van der Waals surface area contributed by atoms with E-state index < -0.39 is 29.2 Å². The van der Waals surface area contributed by atoms with Crippen molar-refractivity contribution in [2.45, 2.75) is 38.5 Å². The molecule has 0 aliphatic carbocycles. The highest BCUT2D eigenvalue weighted by molar-refractivity contribution is 9.10. The molecule has 2 nitrogen and oxygen atoms in total. The van der Waals surface area contributed by atoms with Gasteiger partial charge in [0.05, 0.1) is 0 Å². The number of esters is 1. The van der Waals surface area contributed by atoms with Gasteiger partial charge in [0.15, 0.2) is 0 Å². The molecule has 0 unspecified atom stereocenters. The van der Waals surface area contributed by atoms with Crippen molar-refractivity contribution >= 4 is 21.9 Å². The second kappa shape index (κ2) is 6.22. The van der Waals surface area contributed by atoms with E-state index in [9.17, 15) is 18.0 Å². The van der Waals surface area contributed by atoms with Gasteiger partial charge in [0.1, 0.15) is 11.5 Å². The van der Waals surface area contributed by atoms with Gasteiger partial charge in [-0.25, -0.2) is 4.79 Å². The molecule has 0 spiro atoms. The normalized spacial score (nSPS) is 13.7. The lowest BCUT2D eigenvalue weighted by Gasteiger charge is -2.25. The molecule has 0 bridgehead atoms. The number of alkyl halides is 3. The van der Waals surface area contributed by atoms with Gasteiger partial charge in [0, 0.05) is 10.0 Å². The van der Waals surface area contributed by atoms with Gasteiger partial charge in [-0.2, -0.15) is 13.2 Å². The highest BCUT2D eigenvalue weighted by atomic mass is 79.9. The molecule has 116 valence electrons. The lowest BCUT2D eigenvalue weighted by Crippen LogP contribution is -2.31. The van der Waals surface area contributed by atoms with Crippen LogP contribution in [0.1, 0.15) is 32.3 Å². The minimum Gasteiger partial charge on any atom is -0.457 e. The molecule has 21 heavy (non-hydrogen) atoms. The van der Waals surface area contributed by atoms with Gasteiger partial charge in [-0.3, -0.25) is 0 Å². The fourth-order valence-corrected chi connectivity index (χ4v) is 1.97. The number of hydrogen-bond acceptors (Lipinski definition) is 2. The van der Waals surface area contributed by atoms with E-state index >= 15 is 0 Å². The summed E-state index contributed by atoms with van der Waals surface area (Å²) < 4.78 is 45.4. The van der Waals surface area contributed by atoms with Crippen LogP contribution in [-0.2, 0) is 9.53 Å². The summed E-state index contributed by atoms with van der Waals surface area (Å²) in [6, 6.07) is 5.57. The molecule has 0 aliphatic rings. The quantitative estimate of drug-likeness (QED) is 0.557. The predicted molar refractivity (Wildman–Crippen MR) is 77.9 cm³/mol. The predicted octanol–water partition coefficient (Wildman–Crippen LogP) is 4.99. The summed E-state index contributed by atoms with van der Waals surface area (Å²) in [7, 11) is 0. The van der Waals surface area contributed by atoms with Crippen LogP contribution in [-0.4, -0.2) is 17.7 Å². The van der Waals surface area contributed by atoms with Gasteiger partial charge >= 0.3 is 12.1 Å². The SMILES string of the molecule is C=C(C(=O)OC(C)(C)C)[C@H](c1ccc(Br)cc1)C(F)(F)F. The van der Waals surface area contributed by atoms with E-state index in [2.05, 4.69) is 22.5 Å². The summed E-state index contributed by atoms with van der Waals surface area (Å²) in [5.41, 5.74) is -1.56. The van der Waals surface area contributed by atoms with Crippen LogP contribution >= 0.6 is 15.9 Å². The molecule has 1 rings (SSSR count). The van der Waals surface area contributed by atoms with Gasteiger partial charge in [-0.1, -0.05) is 34.6 Å². The molecule has 0 N–H and O–H groups in total. The van der Waals surface area contributed by atoms with Gasteiger partial charge in [0.2, 0.25) is 0 Å². The van der Waals surface area contributed by atoms with E-state index in [0.717, 1.165) is 0 Å². The standard InChI is InChI=1S/C15H16BrF3O2/c1-9(13(20)21-14(2,3)4)12(15(17,18)19)10-5-7-11(16)8-6-10/h5-8,12H,1H2,2-4H3/t12-/m1/s1.